The summed E-state index contributed by atoms with van der Waals surface area (Å²) in [5.41, 5.74) is 0.770. The average molecular weight is 297 g/mol. The number of nitrogens with zero attached hydrogens (tertiary/aromatic N) is 1. The van der Waals surface area contributed by atoms with Gasteiger partial charge in [-0.25, -0.2) is 0 Å². The molecule has 0 aliphatic carbocycles. The van der Waals surface area contributed by atoms with Gasteiger partial charge in [0.1, 0.15) is 5.92 Å². The van der Waals surface area contributed by atoms with Gasteiger partial charge in [-0.2, -0.15) is 0 Å². The molecule has 0 spiro atoms. The van der Waals surface area contributed by atoms with Crippen LogP contribution in [-0.4, -0.2) is 38.6 Å². The third kappa shape index (κ3) is 3.29. The molecule has 6 heteroatoms. The van der Waals surface area contributed by atoms with Gasteiger partial charge >= 0.3 is 0 Å². The topological polar surface area (TPSA) is 58.6 Å². The zero-order chi connectivity index (χ0) is 14.5. The van der Waals surface area contributed by atoms with Crippen LogP contribution in [0.4, 0.5) is 5.69 Å². The van der Waals surface area contributed by atoms with E-state index < -0.39 is 5.92 Å². The Bertz CT molecular complexity index is 490. The first-order valence-electron chi connectivity index (χ1n) is 6.47. The fourth-order valence-electron chi connectivity index (χ4n) is 2.20. The lowest BCUT2D eigenvalue weighted by atomic mass is 10.1. The highest BCUT2D eigenvalue weighted by atomic mass is 35.5. The summed E-state index contributed by atoms with van der Waals surface area (Å²) in [5, 5.41) is 3.32. The van der Waals surface area contributed by atoms with E-state index in [0.717, 1.165) is 5.69 Å². The van der Waals surface area contributed by atoms with Crippen LogP contribution in [0.1, 0.15) is 6.42 Å². The predicted molar refractivity (Wildman–Crippen MR) is 76.8 cm³/mol. The highest BCUT2D eigenvalue weighted by molar-refractivity contribution is 6.30. The molecule has 5 nitrogen and oxygen atoms in total. The molecule has 0 radical (unpaired) electrons. The Morgan fingerprint density at radius 1 is 1.45 bits per heavy atom. The van der Waals surface area contributed by atoms with Crippen molar-refractivity contribution in [3.05, 3.63) is 29.3 Å². The van der Waals surface area contributed by atoms with Gasteiger partial charge in [0.15, 0.2) is 0 Å². The van der Waals surface area contributed by atoms with E-state index in [-0.39, 0.29) is 11.8 Å². The van der Waals surface area contributed by atoms with Crippen LogP contribution >= 0.6 is 11.6 Å². The number of carbonyl (C=O) groups excluding carboxylic acids is 2. The molecule has 108 valence electrons. The minimum atomic E-state index is -0.609. The van der Waals surface area contributed by atoms with Gasteiger partial charge in [0.25, 0.3) is 0 Å². The average Bonchev–Trinajstić information content (AvgIpc) is 2.82. The van der Waals surface area contributed by atoms with Crippen LogP contribution in [0, 0.1) is 5.92 Å². The fourth-order valence-corrected chi connectivity index (χ4v) is 2.33. The molecular formula is C14H17ClN2O3. The Hall–Kier alpha value is -1.59. The molecule has 1 saturated heterocycles. The Labute approximate surface area is 122 Å². The van der Waals surface area contributed by atoms with E-state index in [1.165, 1.54) is 0 Å². The number of carbonyl (C=O) groups is 2. The molecule has 0 bridgehead atoms. The number of ether oxygens (including phenoxy) is 1. The third-order valence-corrected chi connectivity index (χ3v) is 3.52. The van der Waals surface area contributed by atoms with E-state index >= 15 is 0 Å². The van der Waals surface area contributed by atoms with Gasteiger partial charge in [0, 0.05) is 30.9 Å². The highest BCUT2D eigenvalue weighted by Gasteiger charge is 2.37. The summed E-state index contributed by atoms with van der Waals surface area (Å²) >= 11 is 5.83. The van der Waals surface area contributed by atoms with E-state index in [2.05, 4.69) is 5.32 Å². The standard InChI is InChI=1S/C14H17ClN2O3/c1-20-9-7-16-13(18)12-6-8-17(14(12)19)11-4-2-10(15)3-5-11/h2-5,12H,6-9H2,1H3,(H,16,18)/t12-/m1/s1. The Morgan fingerprint density at radius 3 is 2.80 bits per heavy atom. The lowest BCUT2D eigenvalue weighted by molar-refractivity contribution is -0.132. The summed E-state index contributed by atoms with van der Waals surface area (Å²) in [4.78, 5) is 25.8. The van der Waals surface area contributed by atoms with Gasteiger partial charge in [-0.3, -0.25) is 9.59 Å². The zero-order valence-electron chi connectivity index (χ0n) is 11.3. The van der Waals surface area contributed by atoms with Crippen molar-refractivity contribution in [1.82, 2.24) is 5.32 Å². The monoisotopic (exact) mass is 296 g/mol. The van der Waals surface area contributed by atoms with Crippen molar-refractivity contribution >= 4 is 29.1 Å². The number of anilines is 1. The molecule has 1 aromatic carbocycles. The van der Waals surface area contributed by atoms with E-state index in [9.17, 15) is 9.59 Å². The predicted octanol–water partition coefficient (Wildman–Crippen LogP) is 1.46. The van der Waals surface area contributed by atoms with Crippen molar-refractivity contribution < 1.29 is 14.3 Å². The number of nitrogens with one attached hydrogen (secondary N) is 1. The number of rotatable bonds is 5. The molecule has 1 fully saturated rings. The van der Waals surface area contributed by atoms with Crippen molar-refractivity contribution in [1.29, 1.82) is 0 Å². The molecule has 0 saturated carbocycles. The molecule has 0 unspecified atom stereocenters. The van der Waals surface area contributed by atoms with Crippen LogP contribution in [0.25, 0.3) is 0 Å². The zero-order valence-corrected chi connectivity index (χ0v) is 12.0. The van der Waals surface area contributed by atoms with Crippen LogP contribution < -0.4 is 10.2 Å². The fraction of sp³-hybridized carbons (Fsp3) is 0.429. The highest BCUT2D eigenvalue weighted by Crippen LogP contribution is 2.26. The summed E-state index contributed by atoms with van der Waals surface area (Å²) < 4.78 is 4.86. The van der Waals surface area contributed by atoms with E-state index in [4.69, 9.17) is 16.3 Å². The number of methoxy groups -OCH3 is 1. The molecule has 1 atom stereocenters. The van der Waals surface area contributed by atoms with Crippen molar-refractivity contribution in [2.75, 3.05) is 31.7 Å². The molecule has 0 aromatic heterocycles. The SMILES string of the molecule is COCCNC(=O)[C@H]1CCN(c2ccc(Cl)cc2)C1=O. The van der Waals surface area contributed by atoms with Crippen molar-refractivity contribution in [3.8, 4) is 0 Å². The van der Waals surface area contributed by atoms with Crippen LogP contribution in [0.15, 0.2) is 24.3 Å². The number of halogens is 1. The molecule has 1 aliphatic heterocycles. The van der Waals surface area contributed by atoms with Gasteiger partial charge in [-0.1, -0.05) is 11.6 Å². The van der Waals surface area contributed by atoms with Crippen molar-refractivity contribution in [3.63, 3.8) is 0 Å². The summed E-state index contributed by atoms with van der Waals surface area (Å²) in [5.74, 6) is -1.01. The summed E-state index contributed by atoms with van der Waals surface area (Å²) in [6.45, 7) is 1.40. The first-order chi connectivity index (χ1) is 9.63. The van der Waals surface area contributed by atoms with Crippen molar-refractivity contribution in [2.45, 2.75) is 6.42 Å². The molecule has 2 rings (SSSR count). The Morgan fingerprint density at radius 2 is 2.15 bits per heavy atom. The molecule has 2 amide bonds. The maximum atomic E-state index is 12.3. The lowest BCUT2D eigenvalue weighted by Gasteiger charge is -2.16. The lowest BCUT2D eigenvalue weighted by Crippen LogP contribution is -2.38. The normalized spacial score (nSPS) is 18.4. The maximum Gasteiger partial charge on any atom is 0.239 e. The van der Waals surface area contributed by atoms with E-state index in [1.54, 1.807) is 36.3 Å². The summed E-state index contributed by atoms with van der Waals surface area (Å²) in [6.07, 6.45) is 0.528. The Kier molecular flexibility index (Phi) is 4.98. The van der Waals surface area contributed by atoms with Gasteiger partial charge < -0.3 is 15.0 Å². The number of amides is 2. The quantitative estimate of drug-likeness (QED) is 0.661. The second-order valence-corrected chi connectivity index (χ2v) is 5.03. The molecular weight excluding hydrogens is 280 g/mol. The van der Waals surface area contributed by atoms with Crippen molar-refractivity contribution in [2.24, 2.45) is 5.92 Å². The smallest absolute Gasteiger partial charge is 0.239 e. The molecule has 1 heterocycles. The van der Waals surface area contributed by atoms with Gasteiger partial charge in [-0.15, -0.1) is 0 Å². The maximum absolute atomic E-state index is 12.3. The first-order valence-corrected chi connectivity index (χ1v) is 6.85. The van der Waals surface area contributed by atoms with Crippen LogP contribution in [-0.2, 0) is 14.3 Å². The summed E-state index contributed by atoms with van der Waals surface area (Å²) in [7, 11) is 1.56. The van der Waals surface area contributed by atoms with Gasteiger partial charge in [0.05, 0.1) is 6.61 Å². The number of hydrogen-bond acceptors (Lipinski definition) is 3. The minimum Gasteiger partial charge on any atom is -0.383 e. The molecule has 20 heavy (non-hydrogen) atoms. The third-order valence-electron chi connectivity index (χ3n) is 3.27. The summed E-state index contributed by atoms with van der Waals surface area (Å²) in [6, 6.07) is 7.03. The molecule has 1 aromatic rings. The number of hydrogen-bond donors (Lipinski definition) is 1. The Balaban J connectivity index is 1.98. The van der Waals surface area contributed by atoms with Crippen LogP contribution in [0.3, 0.4) is 0 Å². The largest absolute Gasteiger partial charge is 0.383 e. The van der Waals surface area contributed by atoms with Gasteiger partial charge in [0.2, 0.25) is 11.8 Å². The first kappa shape index (κ1) is 14.8. The van der Waals surface area contributed by atoms with Gasteiger partial charge in [-0.05, 0) is 30.7 Å². The van der Waals surface area contributed by atoms with E-state index in [0.29, 0.717) is 31.1 Å². The van der Waals surface area contributed by atoms with Crippen LogP contribution in [0.2, 0.25) is 5.02 Å². The van der Waals surface area contributed by atoms with E-state index in [1.807, 2.05) is 0 Å². The number of benzene rings is 1. The van der Waals surface area contributed by atoms with Crippen LogP contribution in [0.5, 0.6) is 0 Å². The second kappa shape index (κ2) is 6.72. The minimum absolute atomic E-state index is 0.165. The molecule has 1 aliphatic rings. The molecule has 1 N–H and O–H groups in total. The second-order valence-electron chi connectivity index (χ2n) is 4.59.